The summed E-state index contributed by atoms with van der Waals surface area (Å²) in [6.45, 7) is 4.70. The molecule has 18 heavy (non-hydrogen) atoms. The van der Waals surface area contributed by atoms with Crippen molar-refractivity contribution in [1.29, 1.82) is 0 Å². The number of nitrogens with zero attached hydrogens (tertiary/aromatic N) is 1. The largest absolute Gasteiger partial charge is 0.477 e. The number of aromatic nitrogens is 1. The summed E-state index contributed by atoms with van der Waals surface area (Å²) in [6, 6.07) is 1.46. The van der Waals surface area contributed by atoms with Crippen LogP contribution in [0.5, 0.6) is 5.88 Å². The molecular formula is C13H21FN2O2. The Labute approximate surface area is 108 Å². The number of halogens is 1. The summed E-state index contributed by atoms with van der Waals surface area (Å²) in [4.78, 5) is 3.98. The normalized spacial score (nSPS) is 10.6. The van der Waals surface area contributed by atoms with Gasteiger partial charge in [-0.25, -0.2) is 9.37 Å². The maximum Gasteiger partial charge on any atom is 0.218 e. The van der Waals surface area contributed by atoms with Gasteiger partial charge in [-0.3, -0.25) is 0 Å². The Morgan fingerprint density at radius 3 is 2.94 bits per heavy atom. The minimum Gasteiger partial charge on any atom is -0.477 e. The van der Waals surface area contributed by atoms with Crippen molar-refractivity contribution in [3.05, 3.63) is 23.6 Å². The van der Waals surface area contributed by atoms with E-state index in [0.717, 1.165) is 24.9 Å². The topological polar surface area (TPSA) is 43.4 Å². The number of ether oxygens (including phenoxy) is 2. The third kappa shape index (κ3) is 5.42. The van der Waals surface area contributed by atoms with Gasteiger partial charge < -0.3 is 14.8 Å². The van der Waals surface area contributed by atoms with Crippen molar-refractivity contribution in [1.82, 2.24) is 10.3 Å². The summed E-state index contributed by atoms with van der Waals surface area (Å²) in [5.41, 5.74) is 0.751. The van der Waals surface area contributed by atoms with Crippen molar-refractivity contribution in [2.24, 2.45) is 0 Å². The average molecular weight is 256 g/mol. The van der Waals surface area contributed by atoms with E-state index in [4.69, 9.17) is 9.47 Å². The van der Waals surface area contributed by atoms with E-state index in [1.165, 1.54) is 12.3 Å². The van der Waals surface area contributed by atoms with E-state index >= 15 is 0 Å². The van der Waals surface area contributed by atoms with Crippen molar-refractivity contribution in [3.8, 4) is 5.88 Å². The summed E-state index contributed by atoms with van der Waals surface area (Å²) in [5, 5.41) is 3.21. The zero-order valence-electron chi connectivity index (χ0n) is 11.0. The molecule has 0 aliphatic carbocycles. The molecule has 1 aromatic rings. The Morgan fingerprint density at radius 2 is 2.22 bits per heavy atom. The predicted molar refractivity (Wildman–Crippen MR) is 68.2 cm³/mol. The Morgan fingerprint density at radius 1 is 1.39 bits per heavy atom. The highest BCUT2D eigenvalue weighted by molar-refractivity contribution is 5.26. The summed E-state index contributed by atoms with van der Waals surface area (Å²) < 4.78 is 23.6. The first-order valence-electron chi connectivity index (χ1n) is 6.24. The molecule has 1 rings (SSSR count). The molecular weight excluding hydrogens is 235 g/mol. The highest BCUT2D eigenvalue weighted by Crippen LogP contribution is 2.16. The molecule has 1 N–H and O–H groups in total. The van der Waals surface area contributed by atoms with E-state index in [-0.39, 0.29) is 5.82 Å². The van der Waals surface area contributed by atoms with Gasteiger partial charge in [0.1, 0.15) is 5.82 Å². The Kier molecular flexibility index (Phi) is 7.29. The zero-order chi connectivity index (χ0) is 13.2. The molecule has 0 unspecified atom stereocenters. The number of rotatable bonds is 9. The van der Waals surface area contributed by atoms with Gasteiger partial charge in [-0.2, -0.15) is 0 Å². The first kappa shape index (κ1) is 14.9. The zero-order valence-corrected chi connectivity index (χ0v) is 11.0. The first-order valence-corrected chi connectivity index (χ1v) is 6.24. The van der Waals surface area contributed by atoms with Crippen molar-refractivity contribution >= 4 is 0 Å². The second-order valence-corrected chi connectivity index (χ2v) is 3.99. The van der Waals surface area contributed by atoms with Crippen LogP contribution in [0.2, 0.25) is 0 Å². The molecule has 0 bridgehead atoms. The molecule has 0 saturated carbocycles. The SMILES string of the molecule is CCCNCc1cc(F)cnc1OCCCOC. The molecule has 0 amide bonds. The molecule has 0 atom stereocenters. The van der Waals surface area contributed by atoms with Crippen LogP contribution in [0.15, 0.2) is 12.3 Å². The van der Waals surface area contributed by atoms with Gasteiger partial charge in [-0.15, -0.1) is 0 Å². The fourth-order valence-corrected chi connectivity index (χ4v) is 1.50. The van der Waals surface area contributed by atoms with Gasteiger partial charge >= 0.3 is 0 Å². The lowest BCUT2D eigenvalue weighted by molar-refractivity contribution is 0.170. The van der Waals surface area contributed by atoms with Crippen LogP contribution in [-0.2, 0) is 11.3 Å². The Balaban J connectivity index is 2.52. The third-order valence-electron chi connectivity index (χ3n) is 2.37. The summed E-state index contributed by atoms with van der Waals surface area (Å²) in [5.74, 6) is 0.156. The van der Waals surface area contributed by atoms with Crippen LogP contribution in [0.1, 0.15) is 25.3 Å². The minimum absolute atomic E-state index is 0.340. The van der Waals surface area contributed by atoms with Crippen LogP contribution >= 0.6 is 0 Å². The number of nitrogens with one attached hydrogen (secondary N) is 1. The van der Waals surface area contributed by atoms with Crippen LogP contribution in [0.25, 0.3) is 0 Å². The van der Waals surface area contributed by atoms with E-state index in [1.807, 2.05) is 0 Å². The molecule has 0 saturated heterocycles. The van der Waals surface area contributed by atoms with Gasteiger partial charge in [0.15, 0.2) is 0 Å². The summed E-state index contributed by atoms with van der Waals surface area (Å²) in [6.07, 6.45) is 3.00. The number of methoxy groups -OCH3 is 1. The molecule has 1 aromatic heterocycles. The molecule has 1 heterocycles. The molecule has 0 spiro atoms. The van der Waals surface area contributed by atoms with E-state index in [9.17, 15) is 4.39 Å². The average Bonchev–Trinajstić information content (AvgIpc) is 2.37. The van der Waals surface area contributed by atoms with Gasteiger partial charge in [-0.05, 0) is 19.0 Å². The van der Waals surface area contributed by atoms with Crippen LogP contribution in [0.4, 0.5) is 4.39 Å². The molecule has 0 aliphatic heterocycles. The van der Waals surface area contributed by atoms with Gasteiger partial charge in [0.05, 0.1) is 12.8 Å². The molecule has 102 valence electrons. The highest BCUT2D eigenvalue weighted by Gasteiger charge is 2.06. The lowest BCUT2D eigenvalue weighted by Gasteiger charge is -2.10. The summed E-state index contributed by atoms with van der Waals surface area (Å²) in [7, 11) is 1.65. The van der Waals surface area contributed by atoms with Gasteiger partial charge in [-0.1, -0.05) is 6.92 Å². The molecule has 0 aromatic carbocycles. The van der Waals surface area contributed by atoms with Crippen LogP contribution < -0.4 is 10.1 Å². The monoisotopic (exact) mass is 256 g/mol. The smallest absolute Gasteiger partial charge is 0.218 e. The van der Waals surface area contributed by atoms with Crippen molar-refractivity contribution in [3.63, 3.8) is 0 Å². The predicted octanol–water partition coefficient (Wildman–Crippen LogP) is 2.14. The fraction of sp³-hybridized carbons (Fsp3) is 0.615. The van der Waals surface area contributed by atoms with E-state index < -0.39 is 0 Å². The third-order valence-corrected chi connectivity index (χ3v) is 2.37. The van der Waals surface area contributed by atoms with Crippen LogP contribution in [-0.4, -0.2) is 31.9 Å². The second-order valence-electron chi connectivity index (χ2n) is 3.99. The number of hydrogen-bond acceptors (Lipinski definition) is 4. The van der Waals surface area contributed by atoms with Gasteiger partial charge in [0, 0.05) is 32.2 Å². The van der Waals surface area contributed by atoms with Crippen molar-refractivity contribution < 1.29 is 13.9 Å². The standard InChI is InChI=1S/C13H21FN2O2/c1-3-5-15-9-11-8-12(14)10-16-13(11)18-7-4-6-17-2/h8,10,15H,3-7,9H2,1-2H3. The second kappa shape index (κ2) is 8.83. The lowest BCUT2D eigenvalue weighted by Crippen LogP contribution is -2.15. The van der Waals surface area contributed by atoms with E-state index in [2.05, 4.69) is 17.2 Å². The van der Waals surface area contributed by atoms with Crippen LogP contribution in [0, 0.1) is 5.82 Å². The Hall–Kier alpha value is -1.20. The molecule has 0 radical (unpaired) electrons. The minimum atomic E-state index is -0.340. The molecule has 5 heteroatoms. The molecule has 0 fully saturated rings. The fourth-order valence-electron chi connectivity index (χ4n) is 1.50. The van der Waals surface area contributed by atoms with Gasteiger partial charge in [0.2, 0.25) is 5.88 Å². The quantitative estimate of drug-likeness (QED) is 0.687. The van der Waals surface area contributed by atoms with Gasteiger partial charge in [0.25, 0.3) is 0 Å². The summed E-state index contributed by atoms with van der Waals surface area (Å²) >= 11 is 0. The lowest BCUT2D eigenvalue weighted by atomic mass is 10.2. The van der Waals surface area contributed by atoms with Crippen molar-refractivity contribution in [2.45, 2.75) is 26.3 Å². The first-order chi connectivity index (χ1) is 8.77. The Bertz CT molecular complexity index is 348. The molecule has 0 aliphatic rings. The van der Waals surface area contributed by atoms with E-state index in [0.29, 0.717) is 25.6 Å². The maximum atomic E-state index is 13.1. The highest BCUT2D eigenvalue weighted by atomic mass is 19.1. The maximum absolute atomic E-state index is 13.1. The van der Waals surface area contributed by atoms with E-state index in [1.54, 1.807) is 7.11 Å². The molecule has 4 nitrogen and oxygen atoms in total. The van der Waals surface area contributed by atoms with Crippen molar-refractivity contribution in [2.75, 3.05) is 26.9 Å². The van der Waals surface area contributed by atoms with Crippen LogP contribution in [0.3, 0.4) is 0 Å². The number of pyridine rings is 1. The number of hydrogen-bond donors (Lipinski definition) is 1.